The Bertz CT molecular complexity index is 762. The van der Waals surface area contributed by atoms with E-state index in [0.717, 1.165) is 11.3 Å². The Kier molecular flexibility index (Phi) is 6.28. The molecule has 0 fully saturated rings. The summed E-state index contributed by atoms with van der Waals surface area (Å²) < 4.78 is 9.43. The first kappa shape index (κ1) is 17.9. The Morgan fingerprint density at radius 1 is 1.29 bits per heavy atom. The van der Waals surface area contributed by atoms with Crippen LogP contribution in [0, 0.1) is 0 Å². The lowest BCUT2D eigenvalue weighted by molar-refractivity contribution is -0.139. The van der Waals surface area contributed by atoms with Crippen molar-refractivity contribution in [2.24, 2.45) is 0 Å². The Balaban J connectivity index is 1.84. The Morgan fingerprint density at radius 3 is 2.75 bits per heavy atom. The van der Waals surface area contributed by atoms with Gasteiger partial charge in [0.15, 0.2) is 11.7 Å². The number of carbonyl (C=O) groups is 3. The lowest BCUT2D eigenvalue weighted by atomic mass is 10.2. The molecule has 24 heavy (non-hydrogen) atoms. The number of nitrogens with one attached hydrogen (secondary N) is 1. The number of nitrogens with zero attached hydrogens (tertiary/aromatic N) is 1. The second-order valence-electron chi connectivity index (χ2n) is 4.50. The minimum Gasteiger partial charge on any atom is -0.469 e. The van der Waals surface area contributed by atoms with Crippen molar-refractivity contribution in [3.05, 3.63) is 45.9 Å². The quantitative estimate of drug-likeness (QED) is 0.786. The zero-order valence-electron chi connectivity index (χ0n) is 12.6. The van der Waals surface area contributed by atoms with Crippen molar-refractivity contribution in [2.45, 2.75) is 6.42 Å². The van der Waals surface area contributed by atoms with Crippen LogP contribution in [0.2, 0.25) is 5.02 Å². The third-order valence-corrected chi connectivity index (χ3v) is 3.92. The van der Waals surface area contributed by atoms with Crippen molar-refractivity contribution in [2.75, 3.05) is 19.0 Å². The summed E-state index contributed by atoms with van der Waals surface area (Å²) in [5, 5.41) is 4.65. The molecule has 0 radical (unpaired) electrons. The second-order valence-corrected chi connectivity index (χ2v) is 5.77. The fourth-order valence-electron chi connectivity index (χ4n) is 1.66. The van der Waals surface area contributed by atoms with Crippen LogP contribution in [-0.2, 0) is 25.5 Å². The van der Waals surface area contributed by atoms with Gasteiger partial charge >= 0.3 is 11.9 Å². The van der Waals surface area contributed by atoms with Crippen molar-refractivity contribution in [1.29, 1.82) is 0 Å². The second kappa shape index (κ2) is 8.42. The molecule has 7 nitrogen and oxygen atoms in total. The zero-order valence-corrected chi connectivity index (χ0v) is 14.1. The van der Waals surface area contributed by atoms with Crippen LogP contribution in [0.4, 0.5) is 5.13 Å². The first-order valence-electron chi connectivity index (χ1n) is 6.72. The molecule has 1 N–H and O–H groups in total. The van der Waals surface area contributed by atoms with Crippen LogP contribution in [-0.4, -0.2) is 36.5 Å². The number of halogens is 1. The Morgan fingerprint density at radius 2 is 2.04 bits per heavy atom. The predicted octanol–water partition coefficient (Wildman–Crippen LogP) is 2.31. The maximum absolute atomic E-state index is 11.8. The molecule has 1 aromatic heterocycles. The highest BCUT2D eigenvalue weighted by molar-refractivity contribution is 7.13. The van der Waals surface area contributed by atoms with Crippen LogP contribution in [0.5, 0.6) is 0 Å². The van der Waals surface area contributed by atoms with Gasteiger partial charge in [0.25, 0.3) is 5.91 Å². The molecule has 0 aliphatic rings. The smallest absolute Gasteiger partial charge is 0.340 e. The van der Waals surface area contributed by atoms with Gasteiger partial charge in [-0.15, -0.1) is 11.3 Å². The number of methoxy groups -OCH3 is 1. The van der Waals surface area contributed by atoms with Crippen LogP contribution in [0.3, 0.4) is 0 Å². The van der Waals surface area contributed by atoms with E-state index in [1.807, 2.05) is 0 Å². The lowest BCUT2D eigenvalue weighted by Gasteiger charge is -2.05. The SMILES string of the molecule is COC(=O)Cc1csc(NC(=O)COC(=O)c2ccccc2Cl)n1. The summed E-state index contributed by atoms with van der Waals surface area (Å²) in [6.07, 6.45) is 0.0182. The molecule has 9 heteroatoms. The molecule has 0 aliphatic heterocycles. The largest absolute Gasteiger partial charge is 0.469 e. The molecule has 0 atom stereocenters. The van der Waals surface area contributed by atoms with E-state index < -0.39 is 24.5 Å². The van der Waals surface area contributed by atoms with E-state index >= 15 is 0 Å². The van der Waals surface area contributed by atoms with Crippen molar-refractivity contribution >= 4 is 45.9 Å². The molecular weight excluding hydrogens is 356 g/mol. The third kappa shape index (κ3) is 5.04. The summed E-state index contributed by atoms with van der Waals surface area (Å²) >= 11 is 7.02. The highest BCUT2D eigenvalue weighted by atomic mass is 35.5. The summed E-state index contributed by atoms with van der Waals surface area (Å²) in [7, 11) is 1.28. The van der Waals surface area contributed by atoms with E-state index in [9.17, 15) is 14.4 Å². The van der Waals surface area contributed by atoms with Gasteiger partial charge in [0.1, 0.15) is 0 Å². The fraction of sp³-hybridized carbons (Fsp3) is 0.200. The molecule has 126 valence electrons. The molecule has 1 aromatic carbocycles. The number of rotatable bonds is 6. The standard InChI is InChI=1S/C15H13ClN2O5S/c1-22-13(20)6-9-8-24-15(17-9)18-12(19)7-23-14(21)10-4-2-3-5-11(10)16/h2-5,8H,6-7H2,1H3,(H,17,18,19). The minimum absolute atomic E-state index is 0.0182. The number of carbonyl (C=O) groups excluding carboxylic acids is 3. The molecule has 0 unspecified atom stereocenters. The molecule has 0 bridgehead atoms. The van der Waals surface area contributed by atoms with Gasteiger partial charge in [0, 0.05) is 5.38 Å². The van der Waals surface area contributed by atoms with Crippen molar-refractivity contribution in [3.63, 3.8) is 0 Å². The van der Waals surface area contributed by atoms with E-state index in [4.69, 9.17) is 16.3 Å². The van der Waals surface area contributed by atoms with E-state index in [0.29, 0.717) is 10.8 Å². The van der Waals surface area contributed by atoms with Gasteiger partial charge in [-0.3, -0.25) is 14.9 Å². The van der Waals surface area contributed by atoms with Gasteiger partial charge in [0.05, 0.1) is 29.8 Å². The molecule has 0 aliphatic carbocycles. The first-order valence-corrected chi connectivity index (χ1v) is 7.98. The Labute approximate surface area is 146 Å². The molecule has 0 saturated heterocycles. The number of ether oxygens (including phenoxy) is 2. The first-order chi connectivity index (χ1) is 11.5. The van der Waals surface area contributed by atoms with Gasteiger partial charge in [-0.1, -0.05) is 23.7 Å². The van der Waals surface area contributed by atoms with Crippen LogP contribution in [0.25, 0.3) is 0 Å². The summed E-state index contributed by atoms with van der Waals surface area (Å²) in [6, 6.07) is 6.38. The van der Waals surface area contributed by atoms with Crippen LogP contribution < -0.4 is 5.32 Å². The normalized spacial score (nSPS) is 10.1. The summed E-state index contributed by atoms with van der Waals surface area (Å²) in [5.74, 6) is -1.66. The molecule has 1 amide bonds. The minimum atomic E-state index is -0.693. The summed E-state index contributed by atoms with van der Waals surface area (Å²) in [5.41, 5.74) is 0.664. The molecule has 0 spiro atoms. The van der Waals surface area contributed by atoms with Crippen molar-refractivity contribution in [1.82, 2.24) is 4.98 Å². The van der Waals surface area contributed by atoms with Gasteiger partial charge in [-0.05, 0) is 12.1 Å². The molecule has 1 heterocycles. The number of amides is 1. The molecular formula is C15H13ClN2O5S. The van der Waals surface area contributed by atoms with Gasteiger partial charge in [0.2, 0.25) is 0 Å². The average molecular weight is 369 g/mol. The molecule has 0 saturated carbocycles. The fourth-order valence-corrected chi connectivity index (χ4v) is 2.60. The van der Waals surface area contributed by atoms with Gasteiger partial charge in [-0.25, -0.2) is 9.78 Å². The number of hydrogen-bond acceptors (Lipinski definition) is 7. The maximum Gasteiger partial charge on any atom is 0.340 e. The number of anilines is 1. The number of thiazole rings is 1. The predicted molar refractivity (Wildman–Crippen MR) is 88.2 cm³/mol. The van der Waals surface area contributed by atoms with E-state index in [2.05, 4.69) is 15.0 Å². The lowest BCUT2D eigenvalue weighted by Crippen LogP contribution is -2.21. The molecule has 2 aromatic rings. The van der Waals surface area contributed by atoms with E-state index in [-0.39, 0.29) is 17.0 Å². The Hall–Kier alpha value is -2.45. The zero-order chi connectivity index (χ0) is 17.5. The van der Waals surface area contributed by atoms with Crippen LogP contribution in [0.1, 0.15) is 16.1 Å². The van der Waals surface area contributed by atoms with Crippen molar-refractivity contribution < 1.29 is 23.9 Å². The van der Waals surface area contributed by atoms with Crippen LogP contribution in [0.15, 0.2) is 29.6 Å². The monoisotopic (exact) mass is 368 g/mol. The van der Waals surface area contributed by atoms with Gasteiger partial charge < -0.3 is 9.47 Å². The van der Waals surface area contributed by atoms with Gasteiger partial charge in [-0.2, -0.15) is 0 Å². The van der Waals surface area contributed by atoms with Crippen molar-refractivity contribution in [3.8, 4) is 0 Å². The topological polar surface area (TPSA) is 94.6 Å². The summed E-state index contributed by atoms with van der Waals surface area (Å²) in [4.78, 5) is 38.8. The average Bonchev–Trinajstić information content (AvgIpc) is 2.99. The number of benzene rings is 1. The number of aromatic nitrogens is 1. The number of hydrogen-bond donors (Lipinski definition) is 1. The highest BCUT2D eigenvalue weighted by Crippen LogP contribution is 2.17. The van der Waals surface area contributed by atoms with Crippen LogP contribution >= 0.6 is 22.9 Å². The number of esters is 2. The highest BCUT2D eigenvalue weighted by Gasteiger charge is 2.14. The van der Waals surface area contributed by atoms with E-state index in [1.54, 1.807) is 23.6 Å². The maximum atomic E-state index is 11.8. The van der Waals surface area contributed by atoms with E-state index in [1.165, 1.54) is 13.2 Å². The third-order valence-electron chi connectivity index (χ3n) is 2.78. The molecule has 2 rings (SSSR count). The summed E-state index contributed by atoms with van der Waals surface area (Å²) in [6.45, 7) is -0.476.